The highest BCUT2D eigenvalue weighted by atomic mass is 32.2. The summed E-state index contributed by atoms with van der Waals surface area (Å²) in [6.07, 6.45) is 9.32. The Morgan fingerprint density at radius 1 is 1.20 bits per heavy atom. The van der Waals surface area contributed by atoms with Crippen LogP contribution in [0.25, 0.3) is 0 Å². The molecule has 1 aliphatic carbocycles. The quantitative estimate of drug-likeness (QED) is 0.771. The molecular weight excluding hydrogens is 334 g/mol. The highest BCUT2D eigenvalue weighted by Gasteiger charge is 2.20. The van der Waals surface area contributed by atoms with Crippen molar-refractivity contribution in [3.8, 4) is 0 Å². The number of benzene rings is 1. The van der Waals surface area contributed by atoms with Crippen LogP contribution in [0, 0.1) is 6.92 Å². The Morgan fingerprint density at radius 3 is 2.72 bits per heavy atom. The number of aryl methyl sites for hydroxylation is 1. The molecule has 0 saturated heterocycles. The molecular formula is C19H25N3O2S. The number of aromatic nitrogens is 2. The van der Waals surface area contributed by atoms with Crippen molar-refractivity contribution in [1.29, 1.82) is 0 Å². The van der Waals surface area contributed by atoms with Gasteiger partial charge in [-0.2, -0.15) is 5.10 Å². The Bertz CT molecular complexity index is 839. The minimum absolute atomic E-state index is 0.265. The molecule has 134 valence electrons. The SMILES string of the molecule is Cc1nn(Cc2ccccc2)cc1S(=O)(=O)NCCC1=CCCCC1. The molecule has 5 nitrogen and oxygen atoms in total. The van der Waals surface area contributed by atoms with E-state index in [1.54, 1.807) is 17.8 Å². The second kappa shape index (κ2) is 7.97. The molecule has 0 spiro atoms. The standard InChI is InChI=1S/C19H25N3O2S/c1-16-19(15-22(21-16)14-18-10-6-3-7-11-18)25(23,24)20-13-12-17-8-4-2-5-9-17/h3,6-8,10-11,15,20H,2,4-5,9,12-14H2,1H3. The maximum absolute atomic E-state index is 12.6. The molecule has 1 aliphatic rings. The predicted molar refractivity (Wildman–Crippen MR) is 98.9 cm³/mol. The van der Waals surface area contributed by atoms with Crippen LogP contribution in [0.4, 0.5) is 0 Å². The van der Waals surface area contributed by atoms with Crippen LogP contribution >= 0.6 is 0 Å². The summed E-state index contributed by atoms with van der Waals surface area (Å²) in [6, 6.07) is 9.89. The van der Waals surface area contributed by atoms with Crippen LogP contribution in [0.15, 0.2) is 53.1 Å². The topological polar surface area (TPSA) is 64.0 Å². The molecule has 3 rings (SSSR count). The smallest absolute Gasteiger partial charge is 0.243 e. The molecule has 0 aliphatic heterocycles. The number of nitrogens with one attached hydrogen (secondary N) is 1. The van der Waals surface area contributed by atoms with Gasteiger partial charge in [-0.1, -0.05) is 42.0 Å². The molecule has 0 amide bonds. The molecule has 1 aromatic heterocycles. The first-order valence-electron chi connectivity index (χ1n) is 8.80. The number of nitrogens with zero attached hydrogens (tertiary/aromatic N) is 2. The van der Waals surface area contributed by atoms with E-state index in [4.69, 9.17) is 0 Å². The van der Waals surface area contributed by atoms with Gasteiger partial charge < -0.3 is 0 Å². The zero-order valence-corrected chi connectivity index (χ0v) is 15.4. The van der Waals surface area contributed by atoms with Crippen molar-refractivity contribution in [3.63, 3.8) is 0 Å². The van der Waals surface area contributed by atoms with Crippen LogP contribution in [0.2, 0.25) is 0 Å². The normalized spacial score (nSPS) is 15.2. The highest BCUT2D eigenvalue weighted by molar-refractivity contribution is 7.89. The van der Waals surface area contributed by atoms with E-state index >= 15 is 0 Å². The van der Waals surface area contributed by atoms with Gasteiger partial charge in [-0.3, -0.25) is 4.68 Å². The van der Waals surface area contributed by atoms with Gasteiger partial charge in [-0.25, -0.2) is 13.1 Å². The summed E-state index contributed by atoms with van der Waals surface area (Å²) >= 11 is 0. The summed E-state index contributed by atoms with van der Waals surface area (Å²) in [5.74, 6) is 0. The fourth-order valence-electron chi connectivity index (χ4n) is 3.17. The van der Waals surface area contributed by atoms with Gasteiger partial charge in [0.1, 0.15) is 4.90 Å². The van der Waals surface area contributed by atoms with Crippen LogP contribution in [0.3, 0.4) is 0 Å². The zero-order valence-electron chi connectivity index (χ0n) is 14.6. The molecule has 2 aromatic rings. The van der Waals surface area contributed by atoms with Crippen molar-refractivity contribution in [2.45, 2.75) is 50.5 Å². The lowest BCUT2D eigenvalue weighted by molar-refractivity contribution is 0.578. The molecule has 0 unspecified atom stereocenters. The molecule has 0 atom stereocenters. The van der Waals surface area contributed by atoms with E-state index in [0.29, 0.717) is 18.8 Å². The maximum Gasteiger partial charge on any atom is 0.243 e. The molecule has 0 saturated carbocycles. The van der Waals surface area contributed by atoms with E-state index < -0.39 is 10.0 Å². The summed E-state index contributed by atoms with van der Waals surface area (Å²) in [7, 11) is -3.52. The van der Waals surface area contributed by atoms with Gasteiger partial charge in [0.25, 0.3) is 0 Å². The van der Waals surface area contributed by atoms with Crippen LogP contribution < -0.4 is 4.72 Å². The van der Waals surface area contributed by atoms with Gasteiger partial charge in [0.15, 0.2) is 0 Å². The summed E-state index contributed by atoms with van der Waals surface area (Å²) in [4.78, 5) is 0.265. The van der Waals surface area contributed by atoms with Gasteiger partial charge in [0.05, 0.1) is 12.2 Å². The van der Waals surface area contributed by atoms with Crippen molar-refractivity contribution in [1.82, 2.24) is 14.5 Å². The van der Waals surface area contributed by atoms with Crippen molar-refractivity contribution < 1.29 is 8.42 Å². The molecule has 1 N–H and O–H groups in total. The van der Waals surface area contributed by atoms with Crippen LogP contribution in [-0.4, -0.2) is 24.7 Å². The van der Waals surface area contributed by atoms with Gasteiger partial charge in [0, 0.05) is 12.7 Å². The number of rotatable bonds is 7. The van der Waals surface area contributed by atoms with E-state index in [1.165, 1.54) is 18.4 Å². The van der Waals surface area contributed by atoms with E-state index in [9.17, 15) is 8.42 Å². The molecule has 1 aromatic carbocycles. The average molecular weight is 359 g/mol. The minimum Gasteiger partial charge on any atom is -0.267 e. The van der Waals surface area contributed by atoms with E-state index in [-0.39, 0.29) is 4.90 Å². The number of sulfonamides is 1. The van der Waals surface area contributed by atoms with E-state index in [0.717, 1.165) is 24.8 Å². The fourth-order valence-corrected chi connectivity index (χ4v) is 4.39. The Hall–Kier alpha value is -1.92. The first kappa shape index (κ1) is 17.9. The van der Waals surface area contributed by atoms with Gasteiger partial charge in [0.2, 0.25) is 10.0 Å². The number of allylic oxidation sites excluding steroid dienone is 1. The molecule has 0 radical (unpaired) electrons. The summed E-state index contributed by atoms with van der Waals surface area (Å²) in [5, 5.41) is 4.36. The molecule has 6 heteroatoms. The Morgan fingerprint density at radius 2 is 2.00 bits per heavy atom. The summed E-state index contributed by atoms with van der Waals surface area (Å²) < 4.78 is 29.6. The first-order chi connectivity index (χ1) is 12.0. The van der Waals surface area contributed by atoms with Crippen molar-refractivity contribution >= 4 is 10.0 Å². The molecule has 25 heavy (non-hydrogen) atoms. The third-order valence-electron chi connectivity index (χ3n) is 4.50. The summed E-state index contributed by atoms with van der Waals surface area (Å²) in [5.41, 5.74) is 2.98. The molecule has 0 bridgehead atoms. The number of hydrogen-bond donors (Lipinski definition) is 1. The second-order valence-corrected chi connectivity index (χ2v) is 8.25. The van der Waals surface area contributed by atoms with E-state index in [2.05, 4.69) is 15.9 Å². The monoisotopic (exact) mass is 359 g/mol. The Labute approximate surface area is 149 Å². The minimum atomic E-state index is -3.52. The van der Waals surface area contributed by atoms with Crippen molar-refractivity contribution in [2.24, 2.45) is 0 Å². The fraction of sp³-hybridized carbons (Fsp3) is 0.421. The van der Waals surface area contributed by atoms with Crippen LogP contribution in [-0.2, 0) is 16.6 Å². The first-order valence-corrected chi connectivity index (χ1v) is 10.3. The Kier molecular flexibility index (Phi) is 5.71. The third-order valence-corrected chi connectivity index (χ3v) is 6.07. The van der Waals surface area contributed by atoms with Crippen molar-refractivity contribution in [3.05, 3.63) is 59.4 Å². The second-order valence-electron chi connectivity index (χ2n) is 6.52. The zero-order chi connectivity index (χ0) is 17.7. The lowest BCUT2D eigenvalue weighted by atomic mass is 9.97. The average Bonchev–Trinajstić information content (AvgIpc) is 2.98. The van der Waals surface area contributed by atoms with Gasteiger partial charge in [-0.05, 0) is 44.6 Å². The maximum atomic E-state index is 12.6. The van der Waals surface area contributed by atoms with E-state index in [1.807, 2.05) is 30.3 Å². The lowest BCUT2D eigenvalue weighted by Crippen LogP contribution is -2.25. The molecule has 1 heterocycles. The van der Waals surface area contributed by atoms with Crippen LogP contribution in [0.5, 0.6) is 0 Å². The summed E-state index contributed by atoms with van der Waals surface area (Å²) in [6.45, 7) is 2.74. The highest BCUT2D eigenvalue weighted by Crippen LogP contribution is 2.20. The van der Waals surface area contributed by atoms with Gasteiger partial charge in [-0.15, -0.1) is 0 Å². The molecule has 0 fully saturated rings. The van der Waals surface area contributed by atoms with Crippen LogP contribution in [0.1, 0.15) is 43.4 Å². The third kappa shape index (κ3) is 4.80. The predicted octanol–water partition coefficient (Wildman–Crippen LogP) is 3.41. The van der Waals surface area contributed by atoms with Gasteiger partial charge >= 0.3 is 0 Å². The Balaban J connectivity index is 1.64. The number of hydrogen-bond acceptors (Lipinski definition) is 3. The largest absolute Gasteiger partial charge is 0.267 e. The van der Waals surface area contributed by atoms with Crippen molar-refractivity contribution in [2.75, 3.05) is 6.54 Å². The lowest BCUT2D eigenvalue weighted by Gasteiger charge is -2.12.